The highest BCUT2D eigenvalue weighted by Crippen LogP contribution is 2.32. The molecule has 0 amide bonds. The zero-order valence-electron chi connectivity index (χ0n) is 12.4. The lowest BCUT2D eigenvalue weighted by atomic mass is 9.99. The molecule has 1 aromatic carbocycles. The molecule has 0 fully saturated rings. The molecule has 0 saturated carbocycles. The summed E-state index contributed by atoms with van der Waals surface area (Å²) in [6, 6.07) is 4.35. The third-order valence-electron chi connectivity index (χ3n) is 3.56. The number of hydrogen-bond acceptors (Lipinski definition) is 5. The molecule has 0 atom stereocenters. The average Bonchev–Trinajstić information content (AvgIpc) is 2.60. The molecule has 3 rings (SSSR count). The number of esters is 1. The van der Waals surface area contributed by atoms with Gasteiger partial charge in [-0.3, -0.25) is 14.8 Å². The molecule has 2 aromatic heterocycles. The van der Waals surface area contributed by atoms with Gasteiger partial charge in [-0.2, -0.15) is 0 Å². The topological polar surface area (TPSA) is 69.2 Å². The van der Waals surface area contributed by atoms with Gasteiger partial charge in [-0.25, -0.2) is 13.6 Å². The number of aldehydes is 1. The molecule has 0 unspecified atom stereocenters. The van der Waals surface area contributed by atoms with Gasteiger partial charge in [0.1, 0.15) is 0 Å². The first-order valence-electron chi connectivity index (χ1n) is 6.82. The van der Waals surface area contributed by atoms with Crippen molar-refractivity contribution in [3.05, 3.63) is 59.6 Å². The SMILES string of the molecule is COC(=O)c1ccc2c(C=O)cnc(-c3c(F)cncc3F)c2c1. The maximum atomic E-state index is 14.1. The van der Waals surface area contributed by atoms with Crippen molar-refractivity contribution in [2.45, 2.75) is 0 Å². The fraction of sp³-hybridized carbons (Fsp3) is 0.0588. The molecule has 5 nitrogen and oxygen atoms in total. The van der Waals surface area contributed by atoms with Gasteiger partial charge in [-0.15, -0.1) is 0 Å². The summed E-state index contributed by atoms with van der Waals surface area (Å²) in [6.45, 7) is 0. The second-order valence-corrected chi connectivity index (χ2v) is 4.91. The number of carbonyl (C=O) groups is 2. The minimum Gasteiger partial charge on any atom is -0.465 e. The van der Waals surface area contributed by atoms with Crippen LogP contribution >= 0.6 is 0 Å². The Morgan fingerprint density at radius 2 is 1.83 bits per heavy atom. The Labute approximate surface area is 134 Å². The van der Waals surface area contributed by atoms with E-state index < -0.39 is 17.6 Å². The van der Waals surface area contributed by atoms with Crippen molar-refractivity contribution in [2.75, 3.05) is 7.11 Å². The standard InChI is InChI=1S/C17H10F2N2O3/c1-24-17(23)9-2-3-11-10(8-22)5-21-16(12(11)4-9)15-13(18)6-20-7-14(15)19/h2-8H,1H3. The Bertz CT molecular complexity index is 953. The average molecular weight is 328 g/mol. The number of methoxy groups -OCH3 is 1. The van der Waals surface area contributed by atoms with Crippen molar-refractivity contribution in [1.82, 2.24) is 9.97 Å². The van der Waals surface area contributed by atoms with Crippen LogP contribution in [0.1, 0.15) is 20.7 Å². The van der Waals surface area contributed by atoms with Gasteiger partial charge in [0.15, 0.2) is 17.9 Å². The van der Waals surface area contributed by atoms with Gasteiger partial charge < -0.3 is 4.74 Å². The number of aromatic nitrogens is 2. The first-order chi connectivity index (χ1) is 11.6. The van der Waals surface area contributed by atoms with E-state index in [1.165, 1.54) is 31.5 Å². The van der Waals surface area contributed by atoms with Crippen LogP contribution in [0, 0.1) is 11.6 Å². The molecular weight excluding hydrogens is 318 g/mol. The molecule has 2 heterocycles. The van der Waals surface area contributed by atoms with Crippen LogP contribution in [0.3, 0.4) is 0 Å². The van der Waals surface area contributed by atoms with Crippen LogP contribution in [0.5, 0.6) is 0 Å². The van der Waals surface area contributed by atoms with Gasteiger partial charge in [0.2, 0.25) is 0 Å². The summed E-state index contributed by atoms with van der Waals surface area (Å²) in [6.07, 6.45) is 3.53. The highest BCUT2D eigenvalue weighted by molar-refractivity contribution is 6.06. The van der Waals surface area contributed by atoms with Crippen molar-refractivity contribution >= 4 is 23.0 Å². The number of nitrogens with zero attached hydrogens (tertiary/aromatic N) is 2. The van der Waals surface area contributed by atoms with Crippen LogP contribution in [0.2, 0.25) is 0 Å². The number of halogens is 2. The van der Waals surface area contributed by atoms with E-state index in [4.69, 9.17) is 0 Å². The molecule has 0 aliphatic rings. The molecular formula is C17H10F2N2O3. The fourth-order valence-electron chi connectivity index (χ4n) is 2.44. The van der Waals surface area contributed by atoms with Gasteiger partial charge in [-0.1, -0.05) is 6.07 Å². The van der Waals surface area contributed by atoms with Crippen molar-refractivity contribution in [2.24, 2.45) is 0 Å². The lowest BCUT2D eigenvalue weighted by molar-refractivity contribution is 0.0601. The summed E-state index contributed by atoms with van der Waals surface area (Å²) in [5.41, 5.74) is -0.000715. The number of fused-ring (bicyclic) bond motifs is 1. The third kappa shape index (κ3) is 2.50. The van der Waals surface area contributed by atoms with E-state index in [2.05, 4.69) is 14.7 Å². The predicted molar refractivity (Wildman–Crippen MR) is 81.6 cm³/mol. The Morgan fingerprint density at radius 1 is 1.12 bits per heavy atom. The number of ether oxygens (including phenoxy) is 1. The Balaban J connectivity index is 2.39. The van der Waals surface area contributed by atoms with Crippen molar-refractivity contribution < 1.29 is 23.1 Å². The van der Waals surface area contributed by atoms with Crippen molar-refractivity contribution in [3.8, 4) is 11.3 Å². The number of benzene rings is 1. The lowest BCUT2D eigenvalue weighted by Crippen LogP contribution is -2.02. The van der Waals surface area contributed by atoms with E-state index >= 15 is 0 Å². The molecule has 0 aliphatic carbocycles. The molecule has 0 bridgehead atoms. The smallest absolute Gasteiger partial charge is 0.337 e. The summed E-state index contributed by atoms with van der Waals surface area (Å²) >= 11 is 0. The van der Waals surface area contributed by atoms with Crippen LogP contribution in [0.4, 0.5) is 8.78 Å². The molecule has 0 spiro atoms. The second kappa shape index (κ2) is 6.11. The molecule has 0 N–H and O–H groups in total. The fourth-order valence-corrected chi connectivity index (χ4v) is 2.44. The maximum absolute atomic E-state index is 14.1. The maximum Gasteiger partial charge on any atom is 0.337 e. The predicted octanol–water partition coefficient (Wildman–Crippen LogP) is 3.17. The van der Waals surface area contributed by atoms with Crippen LogP contribution in [-0.4, -0.2) is 29.3 Å². The molecule has 0 radical (unpaired) electrons. The molecule has 0 aliphatic heterocycles. The first kappa shape index (κ1) is 15.7. The van der Waals surface area contributed by atoms with E-state index in [9.17, 15) is 18.4 Å². The van der Waals surface area contributed by atoms with Gasteiger partial charge in [-0.05, 0) is 17.5 Å². The Morgan fingerprint density at radius 3 is 2.46 bits per heavy atom. The minimum atomic E-state index is -0.897. The van der Waals surface area contributed by atoms with Gasteiger partial charge in [0, 0.05) is 17.1 Å². The van der Waals surface area contributed by atoms with Gasteiger partial charge in [0.25, 0.3) is 0 Å². The number of carbonyl (C=O) groups excluding carboxylic acids is 2. The van der Waals surface area contributed by atoms with Crippen LogP contribution in [0.15, 0.2) is 36.8 Å². The van der Waals surface area contributed by atoms with Crippen LogP contribution < -0.4 is 0 Å². The molecule has 120 valence electrons. The van der Waals surface area contributed by atoms with Crippen LogP contribution in [-0.2, 0) is 4.74 Å². The normalized spacial score (nSPS) is 10.6. The largest absolute Gasteiger partial charge is 0.465 e. The quantitative estimate of drug-likeness (QED) is 0.545. The van der Waals surface area contributed by atoms with E-state index in [0.29, 0.717) is 11.7 Å². The first-order valence-corrected chi connectivity index (χ1v) is 6.82. The number of rotatable bonds is 3. The monoisotopic (exact) mass is 328 g/mol. The van der Waals surface area contributed by atoms with E-state index in [1.54, 1.807) is 0 Å². The van der Waals surface area contributed by atoms with Crippen molar-refractivity contribution in [3.63, 3.8) is 0 Å². The highest BCUT2D eigenvalue weighted by Gasteiger charge is 2.18. The highest BCUT2D eigenvalue weighted by atomic mass is 19.1. The molecule has 0 saturated heterocycles. The molecule has 24 heavy (non-hydrogen) atoms. The Hall–Kier alpha value is -3.22. The third-order valence-corrected chi connectivity index (χ3v) is 3.56. The Kier molecular flexibility index (Phi) is 3.99. The minimum absolute atomic E-state index is 0.0289. The van der Waals surface area contributed by atoms with E-state index in [0.717, 1.165) is 12.4 Å². The summed E-state index contributed by atoms with van der Waals surface area (Å²) in [4.78, 5) is 30.3. The van der Waals surface area contributed by atoms with E-state index in [1.807, 2.05) is 0 Å². The van der Waals surface area contributed by atoms with Gasteiger partial charge >= 0.3 is 5.97 Å². The summed E-state index contributed by atoms with van der Waals surface area (Å²) < 4.78 is 32.8. The van der Waals surface area contributed by atoms with Crippen LogP contribution in [0.25, 0.3) is 22.0 Å². The summed E-state index contributed by atoms with van der Waals surface area (Å²) in [5.74, 6) is -2.41. The zero-order chi connectivity index (χ0) is 17.3. The molecule has 7 heteroatoms. The van der Waals surface area contributed by atoms with Gasteiger partial charge in [0.05, 0.1) is 36.3 Å². The number of pyridine rings is 2. The summed E-state index contributed by atoms with van der Waals surface area (Å²) in [7, 11) is 1.22. The second-order valence-electron chi connectivity index (χ2n) is 4.91. The van der Waals surface area contributed by atoms with Crippen molar-refractivity contribution in [1.29, 1.82) is 0 Å². The lowest BCUT2D eigenvalue weighted by Gasteiger charge is -2.10. The zero-order valence-corrected chi connectivity index (χ0v) is 12.4. The van der Waals surface area contributed by atoms with E-state index in [-0.39, 0.29) is 27.8 Å². The molecule has 3 aromatic rings. The number of hydrogen-bond donors (Lipinski definition) is 0. The summed E-state index contributed by atoms with van der Waals surface area (Å²) in [5, 5.41) is 0.671.